The molecule has 0 aromatic rings. The number of carboxylic acid groups (broad SMARTS) is 1. The van der Waals surface area contributed by atoms with Crippen LogP contribution in [0.4, 0.5) is 0 Å². The molecule has 0 amide bonds. The molecular formula is C9H19NO5. The Hall–Kier alpha value is -0.690. The van der Waals surface area contributed by atoms with Gasteiger partial charge in [-0.1, -0.05) is 13.8 Å². The zero-order valence-corrected chi connectivity index (χ0v) is 9.05. The summed E-state index contributed by atoms with van der Waals surface area (Å²) in [6.07, 6.45) is 0.0281. The summed E-state index contributed by atoms with van der Waals surface area (Å²) in [5.41, 5.74) is 0. The first-order valence-corrected chi connectivity index (χ1v) is 4.82. The molecule has 0 spiro atoms. The van der Waals surface area contributed by atoms with Crippen molar-refractivity contribution in [1.29, 1.82) is 0 Å². The third kappa shape index (κ3) is 5.68. The van der Waals surface area contributed by atoms with Gasteiger partial charge < -0.3 is 20.4 Å². The highest BCUT2D eigenvalue weighted by Gasteiger charge is 2.33. The number of aliphatic carboxylic acids is 1. The van der Waals surface area contributed by atoms with Gasteiger partial charge >= 0.3 is 5.97 Å². The van der Waals surface area contributed by atoms with Crippen LogP contribution in [0.2, 0.25) is 0 Å². The SMILES string of the molecule is CC(C)CC(O)(O)N(CCO)CC(=O)O. The van der Waals surface area contributed by atoms with Crippen molar-refractivity contribution in [2.24, 2.45) is 5.92 Å². The molecule has 15 heavy (non-hydrogen) atoms. The number of aliphatic hydroxyl groups is 3. The average molecular weight is 221 g/mol. The summed E-state index contributed by atoms with van der Waals surface area (Å²) in [6, 6.07) is 0. The molecule has 6 heteroatoms. The molecule has 0 heterocycles. The largest absolute Gasteiger partial charge is 0.480 e. The second kappa shape index (κ2) is 6.02. The molecule has 0 aliphatic heterocycles. The highest BCUT2D eigenvalue weighted by atomic mass is 16.5. The van der Waals surface area contributed by atoms with E-state index in [4.69, 9.17) is 10.2 Å². The van der Waals surface area contributed by atoms with Crippen LogP contribution >= 0.6 is 0 Å². The van der Waals surface area contributed by atoms with E-state index in [1.54, 1.807) is 13.8 Å². The lowest BCUT2D eigenvalue weighted by Crippen LogP contribution is -2.52. The predicted octanol–water partition coefficient (Wildman–Crippen LogP) is -0.950. The summed E-state index contributed by atoms with van der Waals surface area (Å²) in [5, 5.41) is 36.5. The van der Waals surface area contributed by atoms with Gasteiger partial charge in [0.2, 0.25) is 5.91 Å². The van der Waals surface area contributed by atoms with E-state index in [-0.39, 0.29) is 25.5 Å². The molecule has 0 aliphatic rings. The van der Waals surface area contributed by atoms with Crippen LogP contribution in [0.25, 0.3) is 0 Å². The van der Waals surface area contributed by atoms with E-state index in [1.807, 2.05) is 0 Å². The van der Waals surface area contributed by atoms with Crippen LogP contribution in [-0.2, 0) is 4.79 Å². The van der Waals surface area contributed by atoms with Crippen molar-refractivity contribution in [3.8, 4) is 0 Å². The van der Waals surface area contributed by atoms with Gasteiger partial charge in [-0.2, -0.15) is 0 Å². The molecule has 0 aromatic carbocycles. The van der Waals surface area contributed by atoms with Crippen molar-refractivity contribution < 1.29 is 25.2 Å². The van der Waals surface area contributed by atoms with E-state index in [1.165, 1.54) is 0 Å². The molecule has 0 saturated heterocycles. The average Bonchev–Trinajstić information content (AvgIpc) is 2.00. The van der Waals surface area contributed by atoms with E-state index < -0.39 is 18.4 Å². The Morgan fingerprint density at radius 1 is 1.40 bits per heavy atom. The number of hydrogen-bond donors (Lipinski definition) is 4. The van der Waals surface area contributed by atoms with Gasteiger partial charge in [-0.3, -0.25) is 4.79 Å². The van der Waals surface area contributed by atoms with Crippen LogP contribution in [0.15, 0.2) is 0 Å². The lowest BCUT2D eigenvalue weighted by atomic mass is 10.1. The second-order valence-corrected chi connectivity index (χ2v) is 3.91. The lowest BCUT2D eigenvalue weighted by Gasteiger charge is -2.34. The molecule has 0 unspecified atom stereocenters. The minimum Gasteiger partial charge on any atom is -0.480 e. The maximum atomic E-state index is 10.5. The standard InChI is InChI=1S/C9H19NO5/c1-7(2)5-9(14,15)10(3-4-11)6-8(12)13/h7,11,14-15H,3-6H2,1-2H3,(H,12,13). The summed E-state index contributed by atoms with van der Waals surface area (Å²) in [5.74, 6) is -3.34. The van der Waals surface area contributed by atoms with Crippen molar-refractivity contribution in [2.75, 3.05) is 19.7 Å². The third-order valence-corrected chi connectivity index (χ3v) is 1.88. The van der Waals surface area contributed by atoms with Gasteiger partial charge in [0.05, 0.1) is 6.61 Å². The molecule has 0 fully saturated rings. The van der Waals surface area contributed by atoms with Crippen LogP contribution < -0.4 is 0 Å². The lowest BCUT2D eigenvalue weighted by molar-refractivity contribution is -0.273. The number of nitrogens with zero attached hydrogens (tertiary/aromatic N) is 1. The van der Waals surface area contributed by atoms with Crippen LogP contribution in [0, 0.1) is 5.92 Å². The Kier molecular flexibility index (Phi) is 5.74. The number of hydrogen-bond acceptors (Lipinski definition) is 5. The number of rotatable bonds is 7. The molecule has 4 N–H and O–H groups in total. The predicted molar refractivity (Wildman–Crippen MR) is 52.9 cm³/mol. The topological polar surface area (TPSA) is 101 Å². The monoisotopic (exact) mass is 221 g/mol. The van der Waals surface area contributed by atoms with Crippen molar-refractivity contribution >= 4 is 5.97 Å². The van der Waals surface area contributed by atoms with Crippen molar-refractivity contribution in [2.45, 2.75) is 26.2 Å². The van der Waals surface area contributed by atoms with Crippen molar-refractivity contribution in [3.63, 3.8) is 0 Å². The normalized spacial score (nSPS) is 12.5. The van der Waals surface area contributed by atoms with E-state index in [9.17, 15) is 15.0 Å². The van der Waals surface area contributed by atoms with E-state index in [0.717, 1.165) is 4.90 Å². The number of carbonyl (C=O) groups is 1. The quantitative estimate of drug-likeness (QED) is 0.413. The summed E-state index contributed by atoms with van der Waals surface area (Å²) < 4.78 is 0. The van der Waals surface area contributed by atoms with Crippen LogP contribution in [0.5, 0.6) is 0 Å². The third-order valence-electron chi connectivity index (χ3n) is 1.88. The number of carboxylic acids is 1. The Morgan fingerprint density at radius 3 is 2.27 bits per heavy atom. The van der Waals surface area contributed by atoms with E-state index in [2.05, 4.69) is 0 Å². The van der Waals surface area contributed by atoms with E-state index in [0.29, 0.717) is 0 Å². The maximum absolute atomic E-state index is 10.5. The highest BCUT2D eigenvalue weighted by molar-refractivity contribution is 5.69. The second-order valence-electron chi connectivity index (χ2n) is 3.91. The Balaban J connectivity index is 4.49. The summed E-state index contributed by atoms with van der Waals surface area (Å²) in [6.45, 7) is 2.65. The summed E-state index contributed by atoms with van der Waals surface area (Å²) in [7, 11) is 0. The first-order valence-electron chi connectivity index (χ1n) is 4.82. The molecule has 90 valence electrons. The Bertz CT molecular complexity index is 205. The number of aliphatic hydroxyl groups excluding tert-OH is 1. The summed E-state index contributed by atoms with van der Waals surface area (Å²) in [4.78, 5) is 11.4. The molecule has 6 nitrogen and oxygen atoms in total. The molecule has 0 saturated carbocycles. The summed E-state index contributed by atoms with van der Waals surface area (Å²) >= 11 is 0. The van der Waals surface area contributed by atoms with E-state index >= 15 is 0 Å². The molecular weight excluding hydrogens is 202 g/mol. The zero-order valence-electron chi connectivity index (χ0n) is 9.05. The highest BCUT2D eigenvalue weighted by Crippen LogP contribution is 2.18. The Morgan fingerprint density at radius 2 is 1.93 bits per heavy atom. The van der Waals surface area contributed by atoms with Crippen LogP contribution in [0.1, 0.15) is 20.3 Å². The van der Waals surface area contributed by atoms with Gasteiger partial charge in [0.15, 0.2) is 0 Å². The van der Waals surface area contributed by atoms with Gasteiger partial charge in [0.1, 0.15) is 6.54 Å². The van der Waals surface area contributed by atoms with Gasteiger partial charge in [0, 0.05) is 13.0 Å². The van der Waals surface area contributed by atoms with Gasteiger partial charge in [-0.15, -0.1) is 0 Å². The van der Waals surface area contributed by atoms with Crippen molar-refractivity contribution in [1.82, 2.24) is 4.90 Å². The fourth-order valence-corrected chi connectivity index (χ4v) is 1.35. The minimum absolute atomic E-state index is 0.00925. The molecule has 0 rings (SSSR count). The first-order chi connectivity index (χ1) is 6.79. The molecule has 0 radical (unpaired) electrons. The smallest absolute Gasteiger partial charge is 0.317 e. The van der Waals surface area contributed by atoms with Crippen LogP contribution in [-0.4, -0.2) is 56.9 Å². The molecule has 0 aromatic heterocycles. The van der Waals surface area contributed by atoms with Crippen LogP contribution in [0.3, 0.4) is 0 Å². The Labute approximate surface area is 88.8 Å². The molecule has 0 bridgehead atoms. The molecule has 0 atom stereocenters. The minimum atomic E-state index is -2.19. The van der Waals surface area contributed by atoms with Crippen molar-refractivity contribution in [3.05, 3.63) is 0 Å². The van der Waals surface area contributed by atoms with Gasteiger partial charge in [0.25, 0.3) is 0 Å². The first kappa shape index (κ1) is 14.3. The fourth-order valence-electron chi connectivity index (χ4n) is 1.35. The molecule has 0 aliphatic carbocycles. The fraction of sp³-hybridized carbons (Fsp3) is 0.889. The zero-order chi connectivity index (χ0) is 12.1. The maximum Gasteiger partial charge on any atom is 0.317 e. The van der Waals surface area contributed by atoms with Gasteiger partial charge in [-0.05, 0) is 5.92 Å². The van der Waals surface area contributed by atoms with Gasteiger partial charge in [-0.25, -0.2) is 4.90 Å².